The first-order chi connectivity index (χ1) is 20.3. The summed E-state index contributed by atoms with van der Waals surface area (Å²) in [6, 6.07) is 0. The Morgan fingerprint density at radius 3 is 1.48 bits per heavy atom. The quantitative estimate of drug-likeness (QED) is 0.0476. The van der Waals surface area contributed by atoms with Crippen LogP contribution in [-0.4, -0.2) is 102 Å². The van der Waals surface area contributed by atoms with E-state index >= 15 is 0 Å². The van der Waals surface area contributed by atoms with Crippen LogP contribution in [-0.2, 0) is 37.0 Å². The van der Waals surface area contributed by atoms with Crippen LogP contribution in [0.1, 0.15) is 48.9 Å². The Morgan fingerprint density at radius 2 is 1.02 bits per heavy atom. The summed E-state index contributed by atoms with van der Waals surface area (Å²) in [7, 11) is -2.26. The van der Waals surface area contributed by atoms with Gasteiger partial charge in [0.05, 0.1) is 71.6 Å². The summed E-state index contributed by atoms with van der Waals surface area (Å²) >= 11 is 8.88. The van der Waals surface area contributed by atoms with E-state index in [0.29, 0.717) is 65.0 Å². The summed E-state index contributed by atoms with van der Waals surface area (Å²) in [5, 5.41) is 17.9. The van der Waals surface area contributed by atoms with Crippen LogP contribution in [0.5, 0.6) is 0 Å². The predicted octanol–water partition coefficient (Wildman–Crippen LogP) is 5.23. The second-order valence-corrected chi connectivity index (χ2v) is 13.1. The van der Waals surface area contributed by atoms with E-state index in [9.17, 15) is 0 Å². The Balaban J connectivity index is 0.000000903. The summed E-state index contributed by atoms with van der Waals surface area (Å²) in [5.41, 5.74) is 5.45. The molecule has 0 aliphatic rings. The molecule has 0 saturated heterocycles. The fraction of sp³-hybridized carbons (Fsp3) is 0.786. The van der Waals surface area contributed by atoms with Crippen LogP contribution >= 0.6 is 42.0 Å². The number of aliphatic hydroxyl groups excluding tert-OH is 2. The molecule has 0 spiro atoms. The van der Waals surface area contributed by atoms with E-state index in [-0.39, 0.29) is 13.4 Å². The zero-order valence-electron chi connectivity index (χ0n) is 26.3. The number of rotatable bonds is 25. The van der Waals surface area contributed by atoms with Crippen LogP contribution in [0, 0.1) is 27.7 Å². The van der Waals surface area contributed by atoms with Gasteiger partial charge in [-0.25, -0.2) is 0 Å². The molecule has 42 heavy (non-hydrogen) atoms. The molecule has 2 N–H and O–H groups in total. The molecule has 0 aliphatic carbocycles. The van der Waals surface area contributed by atoms with Crippen molar-refractivity contribution in [2.45, 2.75) is 59.3 Å². The lowest BCUT2D eigenvalue weighted by Gasteiger charge is -2.24. The van der Waals surface area contributed by atoms with Crippen molar-refractivity contribution in [3.63, 3.8) is 0 Å². The molecule has 14 heteroatoms. The van der Waals surface area contributed by atoms with Gasteiger partial charge in [-0.15, -0.1) is 12.6 Å². The number of thiol groups is 2. The highest BCUT2D eigenvalue weighted by Gasteiger charge is 2.23. The second-order valence-electron chi connectivity index (χ2n) is 8.86. The molecule has 0 aliphatic heterocycles. The molecule has 1 aromatic carbocycles. The Kier molecular flexibility index (Phi) is 29.1. The largest absolute Gasteiger partial charge is 0.394 e. The first-order valence-electron chi connectivity index (χ1n) is 14.3. The number of aliphatic hydroxyl groups is 2. The average Bonchev–Trinajstić information content (AvgIpc) is 2.99. The van der Waals surface area contributed by atoms with Gasteiger partial charge in [0, 0.05) is 23.4 Å². The Labute approximate surface area is 267 Å². The second kappa shape index (κ2) is 28.8. The van der Waals surface area contributed by atoms with Gasteiger partial charge < -0.3 is 47.3 Å². The van der Waals surface area contributed by atoms with E-state index in [2.05, 4.69) is 54.2 Å². The van der Waals surface area contributed by atoms with E-state index in [1.807, 2.05) is 0 Å². The lowest BCUT2D eigenvalue weighted by Crippen LogP contribution is -2.18. The van der Waals surface area contributed by atoms with E-state index < -0.39 is 16.8 Å². The van der Waals surface area contributed by atoms with Crippen LogP contribution in [0.4, 0.5) is 0 Å². The van der Waals surface area contributed by atoms with Crippen molar-refractivity contribution in [2.75, 3.05) is 91.6 Å². The van der Waals surface area contributed by atoms with Gasteiger partial charge in [0.2, 0.25) is 8.38 Å². The smallest absolute Gasteiger partial charge is 0.206 e. The highest BCUT2D eigenvalue weighted by Crippen LogP contribution is 2.42. The van der Waals surface area contributed by atoms with Gasteiger partial charge in [0.25, 0.3) is 0 Å². The molecule has 1 atom stereocenters. The molecule has 1 aromatic rings. The van der Waals surface area contributed by atoms with Crippen LogP contribution in [0.2, 0.25) is 0 Å². The van der Waals surface area contributed by atoms with Gasteiger partial charge in [-0.2, -0.15) is 12.6 Å². The number of ether oxygens (including phenoxy) is 4. The maximum atomic E-state index is 8.45. The van der Waals surface area contributed by atoms with E-state index in [1.54, 1.807) is 0 Å². The predicted molar refractivity (Wildman–Crippen MR) is 177 cm³/mol. The van der Waals surface area contributed by atoms with Crippen molar-refractivity contribution in [3.8, 4) is 0 Å². The summed E-state index contributed by atoms with van der Waals surface area (Å²) in [6.07, 6.45) is 2.02. The van der Waals surface area contributed by atoms with Crippen molar-refractivity contribution >= 4 is 47.3 Å². The average molecular weight is 677 g/mol. The molecule has 0 radical (unpaired) electrons. The Bertz CT molecular complexity index is 753. The zero-order chi connectivity index (χ0) is 31.6. The summed E-state index contributed by atoms with van der Waals surface area (Å²) in [4.78, 5) is 0.973. The van der Waals surface area contributed by atoms with Crippen molar-refractivity contribution in [3.05, 3.63) is 22.3 Å². The highest BCUT2D eigenvalue weighted by molar-refractivity contribution is 7.87. The number of hydrogen-bond acceptors (Lipinski definition) is 12. The monoisotopic (exact) mass is 676 g/mol. The third-order valence-electron chi connectivity index (χ3n) is 5.74. The van der Waals surface area contributed by atoms with Crippen molar-refractivity contribution < 1.29 is 47.3 Å². The zero-order valence-corrected chi connectivity index (χ0v) is 29.8. The summed E-state index contributed by atoms with van der Waals surface area (Å²) < 4.78 is 43.7. The van der Waals surface area contributed by atoms with Gasteiger partial charge in [0.1, 0.15) is 6.79 Å². The summed E-state index contributed by atoms with van der Waals surface area (Å²) in [6.45, 7) is 18.0. The standard InChI is InChI=1S/C20H35O4PS.C8H19O6PS/c1-7-9-21-11-13-23-25(24-14-12-22-10-8-2)19-17(5)15(3)16(4)18(6)20(19)26;9-1-2-11-3-5-13-15(8-16)14-6-4-12-7-10/h26H,7-14H2,1-6H3;9-10,16H,1-8H2. The van der Waals surface area contributed by atoms with Gasteiger partial charge >= 0.3 is 0 Å². The molecular weight excluding hydrogens is 622 g/mol. The molecule has 1 rings (SSSR count). The van der Waals surface area contributed by atoms with Crippen molar-refractivity contribution in [1.29, 1.82) is 0 Å². The lowest BCUT2D eigenvalue weighted by atomic mass is 9.99. The number of benzene rings is 1. The minimum atomic E-state index is -1.22. The van der Waals surface area contributed by atoms with E-state index in [0.717, 1.165) is 36.3 Å². The van der Waals surface area contributed by atoms with Crippen LogP contribution in [0.25, 0.3) is 0 Å². The third kappa shape index (κ3) is 19.0. The molecule has 0 heterocycles. The van der Waals surface area contributed by atoms with Gasteiger partial charge in [-0.3, -0.25) is 0 Å². The van der Waals surface area contributed by atoms with Gasteiger partial charge in [-0.05, 0) is 62.8 Å². The fourth-order valence-electron chi connectivity index (χ4n) is 3.26. The molecule has 0 amide bonds. The third-order valence-corrected chi connectivity index (χ3v) is 10.1. The normalized spacial score (nSPS) is 12.1. The first-order valence-corrected chi connectivity index (χ1v) is 17.9. The Morgan fingerprint density at radius 1 is 0.571 bits per heavy atom. The molecule has 1 unspecified atom stereocenters. The van der Waals surface area contributed by atoms with Crippen molar-refractivity contribution in [2.24, 2.45) is 0 Å². The SMILES string of the molecule is CCCOCCOP(OCCOCCC)c1c(C)c(C)c(C)c(C)c1S.OCCOCCOP(CS)OCCOCO. The molecule has 0 saturated carbocycles. The van der Waals surface area contributed by atoms with E-state index in [1.165, 1.54) is 22.3 Å². The molecule has 10 nitrogen and oxygen atoms in total. The minimum absolute atomic E-state index is 0.0102. The van der Waals surface area contributed by atoms with Crippen molar-refractivity contribution in [1.82, 2.24) is 0 Å². The maximum Gasteiger partial charge on any atom is 0.206 e. The van der Waals surface area contributed by atoms with Gasteiger partial charge in [0.15, 0.2) is 8.38 Å². The van der Waals surface area contributed by atoms with Crippen LogP contribution < -0.4 is 5.30 Å². The van der Waals surface area contributed by atoms with Crippen LogP contribution in [0.15, 0.2) is 4.90 Å². The van der Waals surface area contributed by atoms with E-state index in [4.69, 9.17) is 59.9 Å². The van der Waals surface area contributed by atoms with Crippen LogP contribution in [0.3, 0.4) is 0 Å². The first kappa shape index (κ1) is 42.4. The molecular formula is C28H54O10P2S2. The molecule has 0 bridgehead atoms. The highest BCUT2D eigenvalue weighted by atomic mass is 32.1. The fourth-order valence-corrected chi connectivity index (χ4v) is 6.72. The Hall–Kier alpha value is 0.380. The molecule has 248 valence electrons. The topological polar surface area (TPSA) is 114 Å². The lowest BCUT2D eigenvalue weighted by molar-refractivity contribution is -0.0132. The molecule has 0 fully saturated rings. The molecule has 0 aromatic heterocycles. The van der Waals surface area contributed by atoms with Gasteiger partial charge in [-0.1, -0.05) is 13.8 Å². The maximum absolute atomic E-state index is 8.45. The summed E-state index contributed by atoms with van der Waals surface area (Å²) in [5.74, 6) is 0. The minimum Gasteiger partial charge on any atom is -0.394 e. The number of hydrogen-bond donors (Lipinski definition) is 4.